The van der Waals surface area contributed by atoms with Crippen LogP contribution >= 0.6 is 0 Å². The number of rotatable bonds is 20. The van der Waals surface area contributed by atoms with Crippen molar-refractivity contribution in [2.75, 3.05) is 6.61 Å². The Balaban J connectivity index is 3.68. The summed E-state index contributed by atoms with van der Waals surface area (Å²) in [6, 6.07) is -0.635. The lowest BCUT2D eigenvalue weighted by Crippen LogP contribution is -2.45. The van der Waals surface area contributed by atoms with Crippen molar-refractivity contribution in [3.63, 3.8) is 0 Å². The number of hydrogen-bond acceptors (Lipinski definition) is 3. The van der Waals surface area contributed by atoms with Gasteiger partial charge in [-0.3, -0.25) is 4.79 Å². The number of unbranched alkanes of at least 4 members (excludes halogenated alkanes) is 9. The highest BCUT2D eigenvalue weighted by molar-refractivity contribution is 5.76. The van der Waals surface area contributed by atoms with Crippen LogP contribution in [0, 0.1) is 0 Å². The van der Waals surface area contributed by atoms with E-state index in [1.54, 1.807) is 6.08 Å². The maximum Gasteiger partial charge on any atom is 0.220 e. The smallest absolute Gasteiger partial charge is 0.220 e. The van der Waals surface area contributed by atoms with Crippen LogP contribution in [0.15, 0.2) is 36.5 Å². The predicted molar refractivity (Wildman–Crippen MR) is 128 cm³/mol. The van der Waals surface area contributed by atoms with Crippen molar-refractivity contribution < 1.29 is 15.0 Å². The van der Waals surface area contributed by atoms with Gasteiger partial charge in [0.25, 0.3) is 0 Å². The van der Waals surface area contributed by atoms with Crippen molar-refractivity contribution in [3.05, 3.63) is 36.5 Å². The highest BCUT2D eigenvalue weighted by Crippen LogP contribution is 2.09. The number of carbonyl (C=O) groups is 1. The lowest BCUT2D eigenvalue weighted by atomic mass is 10.1. The van der Waals surface area contributed by atoms with Crippen LogP contribution in [0.5, 0.6) is 0 Å². The molecule has 3 N–H and O–H groups in total. The number of aliphatic hydroxyl groups excluding tert-OH is 2. The molecule has 0 aromatic carbocycles. The Labute approximate surface area is 185 Å². The van der Waals surface area contributed by atoms with Crippen LogP contribution in [-0.2, 0) is 4.79 Å². The number of carbonyl (C=O) groups excluding carboxylic acids is 1. The largest absolute Gasteiger partial charge is 0.394 e. The van der Waals surface area contributed by atoms with Gasteiger partial charge in [-0.25, -0.2) is 0 Å². The van der Waals surface area contributed by atoms with Crippen LogP contribution in [0.25, 0.3) is 0 Å². The summed E-state index contributed by atoms with van der Waals surface area (Å²) < 4.78 is 0. The van der Waals surface area contributed by atoms with Gasteiger partial charge in [0.05, 0.1) is 18.8 Å². The number of amides is 1. The third-order valence-corrected chi connectivity index (χ3v) is 5.07. The normalized spacial score (nSPS) is 14.1. The molecule has 0 spiro atoms. The van der Waals surface area contributed by atoms with Crippen molar-refractivity contribution in [1.82, 2.24) is 5.32 Å². The molecule has 2 atom stereocenters. The fourth-order valence-corrected chi connectivity index (χ4v) is 3.19. The van der Waals surface area contributed by atoms with Crippen LogP contribution in [0.4, 0.5) is 0 Å². The number of aliphatic hydroxyl groups is 2. The van der Waals surface area contributed by atoms with E-state index >= 15 is 0 Å². The zero-order valence-corrected chi connectivity index (χ0v) is 19.5. The molecular weight excluding hydrogens is 374 g/mol. The van der Waals surface area contributed by atoms with Gasteiger partial charge in [0.15, 0.2) is 0 Å². The second kappa shape index (κ2) is 22.3. The summed E-state index contributed by atoms with van der Waals surface area (Å²) in [5.74, 6) is -0.136. The van der Waals surface area contributed by atoms with E-state index in [0.29, 0.717) is 6.42 Å². The van der Waals surface area contributed by atoms with Gasteiger partial charge in [-0.2, -0.15) is 0 Å². The topological polar surface area (TPSA) is 69.6 Å². The molecule has 0 bridgehead atoms. The van der Waals surface area contributed by atoms with Gasteiger partial charge in [0.1, 0.15) is 0 Å². The second-order valence-electron chi connectivity index (χ2n) is 8.03. The van der Waals surface area contributed by atoms with E-state index in [1.807, 2.05) is 13.0 Å². The molecule has 0 aliphatic carbocycles. The molecule has 0 saturated carbocycles. The Morgan fingerprint density at radius 2 is 1.30 bits per heavy atom. The molecule has 0 aromatic heterocycles. The molecule has 174 valence electrons. The minimum Gasteiger partial charge on any atom is -0.394 e. The van der Waals surface area contributed by atoms with Gasteiger partial charge in [-0.05, 0) is 44.9 Å². The highest BCUT2D eigenvalue weighted by atomic mass is 16.3. The monoisotopic (exact) mass is 421 g/mol. The third kappa shape index (κ3) is 18.6. The van der Waals surface area contributed by atoms with E-state index in [9.17, 15) is 15.0 Å². The number of allylic oxidation sites excluding steroid dienone is 5. The van der Waals surface area contributed by atoms with Crippen molar-refractivity contribution in [3.8, 4) is 0 Å². The molecule has 0 aliphatic rings. The van der Waals surface area contributed by atoms with E-state index in [2.05, 4.69) is 36.5 Å². The molecule has 2 unspecified atom stereocenters. The Morgan fingerprint density at radius 1 is 0.767 bits per heavy atom. The molecule has 4 nitrogen and oxygen atoms in total. The lowest BCUT2D eigenvalue weighted by molar-refractivity contribution is -0.122. The summed E-state index contributed by atoms with van der Waals surface area (Å²) in [6.45, 7) is 3.91. The molecule has 0 fully saturated rings. The van der Waals surface area contributed by atoms with Crippen molar-refractivity contribution in [1.29, 1.82) is 0 Å². The van der Waals surface area contributed by atoms with Crippen LogP contribution < -0.4 is 5.32 Å². The first-order valence-electron chi connectivity index (χ1n) is 12.2. The highest BCUT2D eigenvalue weighted by Gasteiger charge is 2.17. The quantitative estimate of drug-likeness (QED) is 0.167. The van der Waals surface area contributed by atoms with E-state index in [-0.39, 0.29) is 12.5 Å². The molecular formula is C26H47NO3. The summed E-state index contributed by atoms with van der Waals surface area (Å²) in [4.78, 5) is 11.6. The van der Waals surface area contributed by atoms with Gasteiger partial charge in [0, 0.05) is 6.42 Å². The zero-order valence-electron chi connectivity index (χ0n) is 19.5. The molecule has 0 aromatic rings. The van der Waals surface area contributed by atoms with Crippen molar-refractivity contribution in [2.24, 2.45) is 0 Å². The molecule has 0 saturated heterocycles. The second-order valence-corrected chi connectivity index (χ2v) is 8.03. The lowest BCUT2D eigenvalue weighted by Gasteiger charge is -2.19. The van der Waals surface area contributed by atoms with E-state index < -0.39 is 12.1 Å². The first-order chi connectivity index (χ1) is 14.7. The summed E-state index contributed by atoms with van der Waals surface area (Å²) >= 11 is 0. The Hall–Kier alpha value is -1.39. The van der Waals surface area contributed by atoms with Crippen LogP contribution in [-0.4, -0.2) is 34.9 Å². The van der Waals surface area contributed by atoms with Crippen molar-refractivity contribution in [2.45, 2.75) is 116 Å². The molecule has 0 rings (SSSR count). The van der Waals surface area contributed by atoms with Crippen molar-refractivity contribution >= 4 is 5.91 Å². The van der Waals surface area contributed by atoms with Gasteiger partial charge in [0.2, 0.25) is 5.91 Å². The van der Waals surface area contributed by atoms with Crippen LogP contribution in [0.1, 0.15) is 104 Å². The Bertz CT molecular complexity index is 471. The fourth-order valence-electron chi connectivity index (χ4n) is 3.19. The fraction of sp³-hybridized carbons (Fsp3) is 0.731. The standard InChI is InChI=1S/C26H47NO3/c1-3-5-6-7-8-9-10-11-12-13-14-15-16-17-18-19-20-22-25(29)24(23-28)27-26(30)21-4-2/h12-13,16-17,20,22,24-25,28-29H,3-11,14-15,18-19,21,23H2,1-2H3,(H,27,30)/b13-12+,17-16+,22-20+. The van der Waals surface area contributed by atoms with Gasteiger partial charge < -0.3 is 15.5 Å². The van der Waals surface area contributed by atoms with Crippen LogP contribution in [0.3, 0.4) is 0 Å². The minimum absolute atomic E-state index is 0.136. The van der Waals surface area contributed by atoms with Gasteiger partial charge in [-0.15, -0.1) is 0 Å². The number of nitrogens with one attached hydrogen (secondary N) is 1. The summed E-state index contributed by atoms with van der Waals surface area (Å²) in [6.07, 6.45) is 27.6. The first kappa shape index (κ1) is 28.6. The molecule has 0 heterocycles. The molecule has 1 amide bonds. The Kier molecular flexibility index (Phi) is 21.3. The molecule has 30 heavy (non-hydrogen) atoms. The average molecular weight is 422 g/mol. The maximum absolute atomic E-state index is 11.6. The average Bonchev–Trinajstić information content (AvgIpc) is 2.74. The van der Waals surface area contributed by atoms with Crippen LogP contribution in [0.2, 0.25) is 0 Å². The minimum atomic E-state index is -0.860. The van der Waals surface area contributed by atoms with E-state index in [4.69, 9.17) is 0 Å². The Morgan fingerprint density at radius 3 is 1.87 bits per heavy atom. The van der Waals surface area contributed by atoms with E-state index in [1.165, 1.54) is 51.4 Å². The summed E-state index contributed by atoms with van der Waals surface area (Å²) in [5, 5.41) is 22.1. The zero-order chi connectivity index (χ0) is 22.3. The van der Waals surface area contributed by atoms with Gasteiger partial charge in [-0.1, -0.05) is 88.8 Å². The first-order valence-corrected chi connectivity index (χ1v) is 12.2. The SMILES string of the molecule is CCCCCCCCC/C=C/CC/C=C/CC/C=C/C(O)C(CO)NC(=O)CCC. The van der Waals surface area contributed by atoms with E-state index in [0.717, 1.165) is 32.1 Å². The maximum atomic E-state index is 11.6. The molecule has 0 aliphatic heterocycles. The van der Waals surface area contributed by atoms with Gasteiger partial charge >= 0.3 is 0 Å². The summed E-state index contributed by atoms with van der Waals surface area (Å²) in [5.41, 5.74) is 0. The molecule has 4 heteroatoms. The predicted octanol–water partition coefficient (Wildman–Crippen LogP) is 5.99. The molecule has 0 radical (unpaired) electrons. The third-order valence-electron chi connectivity index (χ3n) is 5.07. The number of hydrogen-bond donors (Lipinski definition) is 3. The summed E-state index contributed by atoms with van der Waals surface area (Å²) in [7, 11) is 0.